The Hall–Kier alpha value is -2.10. The molecule has 86 valence electrons. The maximum absolute atomic E-state index is 11.2. The second-order valence-corrected chi connectivity index (χ2v) is 4.26. The van der Waals surface area contributed by atoms with E-state index in [9.17, 15) is 9.90 Å². The zero-order chi connectivity index (χ0) is 11.8. The lowest BCUT2D eigenvalue weighted by atomic mass is 9.98. The van der Waals surface area contributed by atoms with Crippen molar-refractivity contribution in [3.8, 4) is 11.3 Å². The largest absolute Gasteiger partial charge is 0.481 e. The summed E-state index contributed by atoms with van der Waals surface area (Å²) in [5.41, 5.74) is 3.59. The van der Waals surface area contributed by atoms with E-state index in [-0.39, 0.29) is 0 Å². The van der Waals surface area contributed by atoms with Gasteiger partial charge >= 0.3 is 5.97 Å². The minimum Gasteiger partial charge on any atom is -0.481 e. The first-order chi connectivity index (χ1) is 8.27. The number of hydrogen-bond acceptors (Lipinski definition) is 2. The van der Waals surface area contributed by atoms with Gasteiger partial charge < -0.3 is 5.11 Å². The highest BCUT2D eigenvalue weighted by atomic mass is 16.4. The molecular formula is C13H12N2O2. The Kier molecular flexibility index (Phi) is 2.21. The number of benzene rings is 1. The number of nitrogens with zero attached hydrogens (tertiary/aromatic N) is 1. The molecule has 4 nitrogen and oxygen atoms in total. The van der Waals surface area contributed by atoms with E-state index in [4.69, 9.17) is 0 Å². The Morgan fingerprint density at radius 2 is 2.12 bits per heavy atom. The maximum atomic E-state index is 11.2. The van der Waals surface area contributed by atoms with Crippen LogP contribution in [0.2, 0.25) is 0 Å². The van der Waals surface area contributed by atoms with Crippen molar-refractivity contribution < 1.29 is 9.90 Å². The van der Waals surface area contributed by atoms with Gasteiger partial charge in [0.25, 0.3) is 0 Å². The Labute approximate surface area is 98.3 Å². The second kappa shape index (κ2) is 3.73. The van der Waals surface area contributed by atoms with Crippen molar-refractivity contribution in [3.63, 3.8) is 0 Å². The monoisotopic (exact) mass is 228 g/mol. The average Bonchev–Trinajstić information content (AvgIpc) is 2.90. The summed E-state index contributed by atoms with van der Waals surface area (Å²) in [5.74, 6) is -1.18. The molecule has 2 N–H and O–H groups in total. The molecule has 0 radical (unpaired) electrons. The molecule has 1 heterocycles. The van der Waals surface area contributed by atoms with Crippen LogP contribution in [0, 0.1) is 0 Å². The fourth-order valence-corrected chi connectivity index (χ4v) is 2.45. The van der Waals surface area contributed by atoms with Gasteiger partial charge in [-0.1, -0.05) is 30.3 Å². The van der Waals surface area contributed by atoms with Gasteiger partial charge in [-0.15, -0.1) is 0 Å². The third-order valence-electron chi connectivity index (χ3n) is 3.26. The number of carboxylic acids is 1. The number of aromatic nitrogens is 2. The number of aromatic amines is 1. The SMILES string of the molecule is O=C(O)C1CCc2[nH]nc(-c3ccccc3)c21. The zero-order valence-electron chi connectivity index (χ0n) is 9.18. The molecule has 0 spiro atoms. The molecule has 1 aromatic carbocycles. The molecule has 3 rings (SSSR count). The van der Waals surface area contributed by atoms with Crippen LogP contribution in [0.5, 0.6) is 0 Å². The van der Waals surface area contributed by atoms with Gasteiger partial charge in [0.2, 0.25) is 0 Å². The van der Waals surface area contributed by atoms with Crippen LogP contribution in [0.25, 0.3) is 11.3 Å². The third kappa shape index (κ3) is 1.53. The van der Waals surface area contributed by atoms with E-state index < -0.39 is 11.9 Å². The van der Waals surface area contributed by atoms with Crippen LogP contribution < -0.4 is 0 Å². The number of aryl methyl sites for hydroxylation is 1. The van der Waals surface area contributed by atoms with Crippen LogP contribution in [0.4, 0.5) is 0 Å². The third-order valence-corrected chi connectivity index (χ3v) is 3.26. The highest BCUT2D eigenvalue weighted by Gasteiger charge is 2.33. The zero-order valence-corrected chi connectivity index (χ0v) is 9.18. The summed E-state index contributed by atoms with van der Waals surface area (Å²) in [6.07, 6.45) is 1.44. The highest BCUT2D eigenvalue weighted by molar-refractivity contribution is 5.81. The molecule has 1 aliphatic rings. The van der Waals surface area contributed by atoms with Gasteiger partial charge in [-0.2, -0.15) is 5.10 Å². The molecule has 0 bridgehead atoms. The molecule has 0 amide bonds. The van der Waals surface area contributed by atoms with Crippen LogP contribution in [0.15, 0.2) is 30.3 Å². The quantitative estimate of drug-likeness (QED) is 0.828. The highest BCUT2D eigenvalue weighted by Crippen LogP contribution is 2.38. The van der Waals surface area contributed by atoms with Gasteiger partial charge in [0.1, 0.15) is 0 Å². The Balaban J connectivity index is 2.12. The molecule has 1 unspecified atom stereocenters. The van der Waals surface area contributed by atoms with E-state index in [1.54, 1.807) is 0 Å². The molecule has 2 aromatic rings. The van der Waals surface area contributed by atoms with E-state index in [1.165, 1.54) is 0 Å². The molecule has 0 saturated heterocycles. The van der Waals surface area contributed by atoms with Crippen molar-refractivity contribution in [1.82, 2.24) is 10.2 Å². The molecule has 1 atom stereocenters. The molecule has 1 aromatic heterocycles. The molecular weight excluding hydrogens is 216 g/mol. The van der Waals surface area contributed by atoms with Crippen LogP contribution in [0.3, 0.4) is 0 Å². The fourth-order valence-electron chi connectivity index (χ4n) is 2.45. The first kappa shape index (κ1) is 10.1. The summed E-state index contributed by atoms with van der Waals surface area (Å²) < 4.78 is 0. The average molecular weight is 228 g/mol. The summed E-state index contributed by atoms with van der Waals surface area (Å²) in [6, 6.07) is 9.70. The van der Waals surface area contributed by atoms with Crippen LogP contribution in [-0.4, -0.2) is 21.3 Å². The topological polar surface area (TPSA) is 66.0 Å². The number of fused-ring (bicyclic) bond motifs is 1. The molecule has 4 heteroatoms. The Morgan fingerprint density at radius 3 is 2.82 bits per heavy atom. The first-order valence-electron chi connectivity index (χ1n) is 5.62. The molecule has 0 saturated carbocycles. The normalized spacial score (nSPS) is 18.0. The summed E-state index contributed by atoms with van der Waals surface area (Å²) in [4.78, 5) is 11.2. The number of H-pyrrole nitrogens is 1. The lowest BCUT2D eigenvalue weighted by Gasteiger charge is -2.06. The number of carboxylic acid groups (broad SMARTS) is 1. The predicted molar refractivity (Wildman–Crippen MR) is 62.7 cm³/mol. The number of rotatable bonds is 2. The van der Waals surface area contributed by atoms with Gasteiger partial charge in [0.05, 0.1) is 11.6 Å². The minimum atomic E-state index is -0.762. The number of carbonyl (C=O) groups is 1. The molecule has 0 fully saturated rings. The number of aliphatic carboxylic acids is 1. The number of hydrogen-bond donors (Lipinski definition) is 2. The van der Waals surface area contributed by atoms with Crippen molar-refractivity contribution in [1.29, 1.82) is 0 Å². The van der Waals surface area contributed by atoms with Crippen molar-refractivity contribution in [2.24, 2.45) is 0 Å². The standard InChI is InChI=1S/C13H12N2O2/c16-13(17)9-6-7-10-11(9)12(15-14-10)8-4-2-1-3-5-8/h1-5,9H,6-7H2,(H,14,15)(H,16,17). The summed E-state index contributed by atoms with van der Waals surface area (Å²) >= 11 is 0. The Bertz CT molecular complexity index is 560. The van der Waals surface area contributed by atoms with Gasteiger partial charge in [-0.05, 0) is 12.8 Å². The first-order valence-corrected chi connectivity index (χ1v) is 5.62. The van der Waals surface area contributed by atoms with Crippen LogP contribution >= 0.6 is 0 Å². The Morgan fingerprint density at radius 1 is 1.35 bits per heavy atom. The number of nitrogens with one attached hydrogen (secondary N) is 1. The van der Waals surface area contributed by atoms with Crippen molar-refractivity contribution in [2.75, 3.05) is 0 Å². The van der Waals surface area contributed by atoms with Crippen LogP contribution in [0.1, 0.15) is 23.6 Å². The second-order valence-electron chi connectivity index (χ2n) is 4.26. The van der Waals surface area contributed by atoms with Gasteiger partial charge in [0, 0.05) is 16.8 Å². The van der Waals surface area contributed by atoms with E-state index >= 15 is 0 Å². The lowest BCUT2D eigenvalue weighted by Crippen LogP contribution is -2.08. The summed E-state index contributed by atoms with van der Waals surface area (Å²) in [7, 11) is 0. The van der Waals surface area contributed by atoms with E-state index in [0.29, 0.717) is 6.42 Å². The van der Waals surface area contributed by atoms with Gasteiger partial charge in [-0.25, -0.2) is 0 Å². The predicted octanol–water partition coefficient (Wildman–Crippen LogP) is 2.19. The van der Waals surface area contributed by atoms with Crippen molar-refractivity contribution in [3.05, 3.63) is 41.6 Å². The molecule has 0 aliphatic heterocycles. The molecule has 1 aliphatic carbocycles. The van der Waals surface area contributed by atoms with E-state index in [0.717, 1.165) is 28.9 Å². The van der Waals surface area contributed by atoms with Crippen LogP contribution in [-0.2, 0) is 11.2 Å². The summed E-state index contributed by atoms with van der Waals surface area (Å²) in [6.45, 7) is 0. The minimum absolute atomic E-state index is 0.418. The maximum Gasteiger partial charge on any atom is 0.311 e. The molecule has 17 heavy (non-hydrogen) atoms. The fraction of sp³-hybridized carbons (Fsp3) is 0.231. The van der Waals surface area contributed by atoms with Crippen molar-refractivity contribution in [2.45, 2.75) is 18.8 Å². The smallest absolute Gasteiger partial charge is 0.311 e. The summed E-state index contributed by atoms with van der Waals surface area (Å²) in [5, 5.41) is 16.4. The van der Waals surface area contributed by atoms with E-state index in [1.807, 2.05) is 30.3 Å². The van der Waals surface area contributed by atoms with E-state index in [2.05, 4.69) is 10.2 Å². The van der Waals surface area contributed by atoms with Gasteiger partial charge in [0.15, 0.2) is 0 Å². The van der Waals surface area contributed by atoms with Gasteiger partial charge in [-0.3, -0.25) is 9.89 Å². The lowest BCUT2D eigenvalue weighted by molar-refractivity contribution is -0.138. The van der Waals surface area contributed by atoms with Crippen molar-refractivity contribution >= 4 is 5.97 Å².